The van der Waals surface area contributed by atoms with Crippen molar-refractivity contribution in [1.82, 2.24) is 5.32 Å². The van der Waals surface area contributed by atoms with Crippen LogP contribution in [0.2, 0.25) is 5.02 Å². The van der Waals surface area contributed by atoms with Gasteiger partial charge in [-0.05, 0) is 24.6 Å². The number of hydrogen-bond donors (Lipinski definition) is 1. The molecule has 17 heavy (non-hydrogen) atoms. The molecule has 0 saturated carbocycles. The van der Waals surface area contributed by atoms with Crippen molar-refractivity contribution in [2.24, 2.45) is 0 Å². The van der Waals surface area contributed by atoms with Crippen LogP contribution in [0.25, 0.3) is 0 Å². The highest BCUT2D eigenvalue weighted by Gasteiger charge is 2.45. The van der Waals surface area contributed by atoms with E-state index in [1.54, 1.807) is 0 Å². The van der Waals surface area contributed by atoms with Crippen LogP contribution in [0, 0.1) is 0 Å². The smallest absolute Gasteiger partial charge is 0.0863 e. The number of halogens is 3. The van der Waals surface area contributed by atoms with Gasteiger partial charge >= 0.3 is 0 Å². The van der Waals surface area contributed by atoms with Gasteiger partial charge in [0.1, 0.15) is 0 Å². The predicted octanol–water partition coefficient (Wildman–Crippen LogP) is 3.50. The zero-order chi connectivity index (χ0) is 11.3. The van der Waals surface area contributed by atoms with Crippen molar-refractivity contribution in [1.29, 1.82) is 0 Å². The van der Waals surface area contributed by atoms with Crippen molar-refractivity contribution in [2.45, 2.75) is 25.0 Å². The third-order valence-corrected chi connectivity index (χ3v) is 4.75. The molecule has 1 N–H and O–H groups in total. The molecule has 0 amide bonds. The second-order valence-electron chi connectivity index (χ2n) is 4.71. The molecule has 3 rings (SSSR count). The van der Waals surface area contributed by atoms with Crippen molar-refractivity contribution in [2.75, 3.05) is 13.1 Å². The summed E-state index contributed by atoms with van der Waals surface area (Å²) in [7, 11) is 0. The van der Waals surface area contributed by atoms with Crippen LogP contribution in [0.4, 0.5) is 0 Å². The lowest BCUT2D eigenvalue weighted by molar-refractivity contribution is -0.0519. The fraction of sp³-hybridized carbons (Fsp3) is 0.500. The summed E-state index contributed by atoms with van der Waals surface area (Å²) < 4.78 is 7.13. The molecule has 2 atom stereocenters. The van der Waals surface area contributed by atoms with Gasteiger partial charge in [-0.25, -0.2) is 0 Å². The maximum absolute atomic E-state index is 6.23. The first-order valence-corrected chi connectivity index (χ1v) is 6.60. The SMILES string of the molecule is C[C@]12CNC[C@H]1c1c(Br)ccc(Cl)c1CO2.Cl. The fourth-order valence-electron chi connectivity index (χ4n) is 2.73. The van der Waals surface area contributed by atoms with Crippen molar-refractivity contribution < 1.29 is 4.74 Å². The van der Waals surface area contributed by atoms with E-state index in [-0.39, 0.29) is 18.0 Å². The third kappa shape index (κ3) is 2.02. The second-order valence-corrected chi connectivity index (χ2v) is 5.97. The molecule has 1 saturated heterocycles. The average Bonchev–Trinajstić information content (AvgIpc) is 2.64. The zero-order valence-electron chi connectivity index (χ0n) is 9.43. The predicted molar refractivity (Wildman–Crippen MR) is 75.2 cm³/mol. The van der Waals surface area contributed by atoms with Crippen molar-refractivity contribution >= 4 is 39.9 Å². The topological polar surface area (TPSA) is 21.3 Å². The maximum atomic E-state index is 6.23. The van der Waals surface area contributed by atoms with E-state index in [1.165, 1.54) is 5.56 Å². The van der Waals surface area contributed by atoms with E-state index in [9.17, 15) is 0 Å². The molecule has 1 aromatic carbocycles. The van der Waals surface area contributed by atoms with E-state index >= 15 is 0 Å². The molecule has 0 unspecified atom stereocenters. The van der Waals surface area contributed by atoms with Crippen LogP contribution in [0.15, 0.2) is 16.6 Å². The molecule has 0 radical (unpaired) electrons. The Morgan fingerprint density at radius 1 is 1.53 bits per heavy atom. The Morgan fingerprint density at radius 2 is 2.29 bits per heavy atom. The Hall–Kier alpha value is 0.200. The molecule has 0 aromatic heterocycles. The molecule has 0 aliphatic carbocycles. The van der Waals surface area contributed by atoms with Crippen LogP contribution in [-0.4, -0.2) is 18.7 Å². The summed E-state index contributed by atoms with van der Waals surface area (Å²) in [5, 5.41) is 4.22. The monoisotopic (exact) mass is 337 g/mol. The van der Waals surface area contributed by atoms with Crippen molar-refractivity contribution in [3.05, 3.63) is 32.8 Å². The third-order valence-electron chi connectivity index (χ3n) is 3.70. The van der Waals surface area contributed by atoms with Gasteiger partial charge < -0.3 is 10.1 Å². The molecule has 2 heterocycles. The molecule has 0 bridgehead atoms. The summed E-state index contributed by atoms with van der Waals surface area (Å²) in [6.07, 6.45) is 0. The number of hydrogen-bond acceptors (Lipinski definition) is 2. The van der Waals surface area contributed by atoms with E-state index < -0.39 is 0 Å². The quantitative estimate of drug-likeness (QED) is 0.781. The summed E-state index contributed by atoms with van der Waals surface area (Å²) in [6, 6.07) is 3.96. The van der Waals surface area contributed by atoms with Crippen molar-refractivity contribution in [3.8, 4) is 0 Å². The van der Waals surface area contributed by atoms with Gasteiger partial charge in [0.15, 0.2) is 0 Å². The number of nitrogens with one attached hydrogen (secondary N) is 1. The van der Waals surface area contributed by atoms with Crippen LogP contribution in [0.1, 0.15) is 24.0 Å². The Labute approximate surface area is 121 Å². The lowest BCUT2D eigenvalue weighted by Gasteiger charge is -2.38. The molecule has 5 heteroatoms. The molecule has 94 valence electrons. The molecule has 2 nitrogen and oxygen atoms in total. The summed E-state index contributed by atoms with van der Waals surface area (Å²) in [4.78, 5) is 0. The Kier molecular flexibility index (Phi) is 3.77. The minimum Gasteiger partial charge on any atom is -0.369 e. The van der Waals surface area contributed by atoms with Gasteiger partial charge in [-0.2, -0.15) is 0 Å². The minimum absolute atomic E-state index is 0. The summed E-state index contributed by atoms with van der Waals surface area (Å²) in [5.74, 6) is 0.393. The molecular weight excluding hydrogens is 325 g/mol. The van der Waals surface area contributed by atoms with Gasteiger partial charge in [0.25, 0.3) is 0 Å². The largest absolute Gasteiger partial charge is 0.369 e. The maximum Gasteiger partial charge on any atom is 0.0863 e. The average molecular weight is 339 g/mol. The highest BCUT2D eigenvalue weighted by molar-refractivity contribution is 9.10. The van der Waals surface area contributed by atoms with Gasteiger partial charge in [-0.1, -0.05) is 27.5 Å². The van der Waals surface area contributed by atoms with Crippen LogP contribution in [0.5, 0.6) is 0 Å². The fourth-order valence-corrected chi connectivity index (χ4v) is 3.60. The van der Waals surface area contributed by atoms with Crippen LogP contribution in [0.3, 0.4) is 0 Å². The minimum atomic E-state index is -0.0831. The highest BCUT2D eigenvalue weighted by atomic mass is 79.9. The normalized spacial score (nSPS) is 30.4. The van der Waals surface area contributed by atoms with Crippen LogP contribution >= 0.6 is 39.9 Å². The number of benzene rings is 1. The van der Waals surface area contributed by atoms with Crippen LogP contribution in [-0.2, 0) is 11.3 Å². The molecule has 2 aliphatic rings. The van der Waals surface area contributed by atoms with Gasteiger partial charge in [-0.15, -0.1) is 12.4 Å². The van der Waals surface area contributed by atoms with E-state index in [4.69, 9.17) is 16.3 Å². The number of rotatable bonds is 0. The second kappa shape index (κ2) is 4.71. The lowest BCUT2D eigenvalue weighted by Crippen LogP contribution is -2.40. The van der Waals surface area contributed by atoms with Gasteiger partial charge in [0, 0.05) is 34.1 Å². The van der Waals surface area contributed by atoms with E-state index in [0.29, 0.717) is 12.5 Å². The first kappa shape index (κ1) is 13.6. The van der Waals surface area contributed by atoms with Gasteiger partial charge in [0.2, 0.25) is 0 Å². The van der Waals surface area contributed by atoms with E-state index in [0.717, 1.165) is 28.1 Å². The first-order valence-electron chi connectivity index (χ1n) is 5.43. The Bertz CT molecular complexity index is 454. The van der Waals surface area contributed by atoms with Gasteiger partial charge in [-0.3, -0.25) is 0 Å². The Morgan fingerprint density at radius 3 is 3.06 bits per heavy atom. The zero-order valence-corrected chi connectivity index (χ0v) is 12.6. The number of fused-ring (bicyclic) bond motifs is 3. The number of ether oxygens (including phenoxy) is 1. The molecule has 2 aliphatic heterocycles. The lowest BCUT2D eigenvalue weighted by atomic mass is 9.81. The molecule has 1 aromatic rings. The molecular formula is C12H14BrCl2NO. The van der Waals surface area contributed by atoms with E-state index in [2.05, 4.69) is 28.2 Å². The summed E-state index contributed by atoms with van der Waals surface area (Å²) in [5.41, 5.74) is 2.38. The summed E-state index contributed by atoms with van der Waals surface area (Å²) >= 11 is 9.86. The molecule has 1 fully saturated rings. The highest BCUT2D eigenvalue weighted by Crippen LogP contribution is 2.46. The van der Waals surface area contributed by atoms with Crippen LogP contribution < -0.4 is 5.32 Å². The van der Waals surface area contributed by atoms with E-state index in [1.807, 2.05) is 12.1 Å². The Balaban J connectivity index is 0.00000108. The summed E-state index contributed by atoms with van der Waals surface area (Å²) in [6.45, 7) is 4.66. The van der Waals surface area contributed by atoms with Gasteiger partial charge in [0.05, 0.1) is 12.2 Å². The standard InChI is InChI=1S/C12H13BrClNO.ClH/c1-12-6-15-4-8(12)11-7(5-16-12)10(14)3-2-9(11)13;/h2-3,8,15H,4-6H2,1H3;1H/t8-,12-;/m0./s1. The first-order chi connectivity index (χ1) is 7.62. The van der Waals surface area contributed by atoms with Crippen molar-refractivity contribution in [3.63, 3.8) is 0 Å². The molecule has 0 spiro atoms.